The van der Waals surface area contributed by atoms with Gasteiger partial charge in [0.05, 0.1) is 12.2 Å². The smallest absolute Gasteiger partial charge is 0.129 e. The summed E-state index contributed by atoms with van der Waals surface area (Å²) in [5.74, 6) is -0.300. The summed E-state index contributed by atoms with van der Waals surface area (Å²) in [6, 6.07) is 8.64. The van der Waals surface area contributed by atoms with Crippen molar-refractivity contribution in [3.05, 3.63) is 70.4 Å². The molecule has 1 aliphatic rings. The average Bonchev–Trinajstić information content (AvgIpc) is 2.98. The van der Waals surface area contributed by atoms with Gasteiger partial charge >= 0.3 is 0 Å². The highest BCUT2D eigenvalue weighted by Crippen LogP contribution is 2.29. The Morgan fingerprint density at radius 1 is 1.21 bits per heavy atom. The largest absolute Gasteiger partial charge is 0.312 e. The normalized spacial score (nSPS) is 13.8. The van der Waals surface area contributed by atoms with Crippen LogP contribution in [0, 0.1) is 5.82 Å². The lowest BCUT2D eigenvalue weighted by atomic mass is 10.0. The van der Waals surface area contributed by atoms with Crippen LogP contribution in [-0.2, 0) is 19.5 Å². The third-order valence-electron chi connectivity index (χ3n) is 4.33. The molecule has 6 heteroatoms. The molecule has 2 aromatic heterocycles. The maximum atomic E-state index is 14.2. The van der Waals surface area contributed by atoms with Gasteiger partial charge < -0.3 is 5.32 Å². The Morgan fingerprint density at radius 3 is 2.83 bits per heavy atom. The molecule has 122 valence electrons. The standard InChI is InChI=1S/C18H16ClFN4/c19-15-2-1-3-16(20)14(15)11-24-17-6-9-22-10-13(17)18(23-24)12-4-7-21-8-5-12/h1-5,7-8,22H,6,9-11H2. The number of nitrogens with one attached hydrogen (secondary N) is 1. The highest BCUT2D eigenvalue weighted by Gasteiger charge is 2.22. The van der Waals surface area contributed by atoms with Gasteiger partial charge in [-0.25, -0.2) is 4.39 Å². The molecule has 1 N–H and O–H groups in total. The number of hydrogen-bond acceptors (Lipinski definition) is 3. The van der Waals surface area contributed by atoms with Crippen molar-refractivity contribution in [3.63, 3.8) is 0 Å². The molecule has 24 heavy (non-hydrogen) atoms. The fourth-order valence-electron chi connectivity index (χ4n) is 3.13. The summed E-state index contributed by atoms with van der Waals surface area (Å²) in [5, 5.41) is 8.57. The Labute approximate surface area is 144 Å². The van der Waals surface area contributed by atoms with Crippen molar-refractivity contribution in [2.24, 2.45) is 0 Å². The molecule has 0 bridgehead atoms. The number of halogens is 2. The molecule has 3 heterocycles. The van der Waals surface area contributed by atoms with Crippen LogP contribution in [0.3, 0.4) is 0 Å². The summed E-state index contributed by atoms with van der Waals surface area (Å²) in [6.07, 6.45) is 4.37. The highest BCUT2D eigenvalue weighted by molar-refractivity contribution is 6.31. The first-order valence-electron chi connectivity index (χ1n) is 7.86. The van der Waals surface area contributed by atoms with E-state index in [-0.39, 0.29) is 5.82 Å². The van der Waals surface area contributed by atoms with Crippen LogP contribution in [0.2, 0.25) is 5.02 Å². The van der Waals surface area contributed by atoms with Gasteiger partial charge in [0.25, 0.3) is 0 Å². The van der Waals surface area contributed by atoms with Gasteiger partial charge in [-0.2, -0.15) is 5.10 Å². The van der Waals surface area contributed by atoms with Gasteiger partial charge in [-0.15, -0.1) is 0 Å². The molecule has 4 nitrogen and oxygen atoms in total. The first-order valence-corrected chi connectivity index (χ1v) is 8.24. The SMILES string of the molecule is Fc1cccc(Cl)c1Cn1nc(-c2ccncc2)c2c1CCNC2. The van der Waals surface area contributed by atoms with Crippen molar-refractivity contribution in [2.75, 3.05) is 6.54 Å². The summed E-state index contributed by atoms with van der Waals surface area (Å²) in [7, 11) is 0. The zero-order chi connectivity index (χ0) is 16.5. The van der Waals surface area contributed by atoms with E-state index in [4.69, 9.17) is 16.7 Å². The molecule has 0 fully saturated rings. The van der Waals surface area contributed by atoms with E-state index >= 15 is 0 Å². The fraction of sp³-hybridized carbons (Fsp3) is 0.222. The van der Waals surface area contributed by atoms with E-state index in [0.29, 0.717) is 17.1 Å². The van der Waals surface area contributed by atoms with Gasteiger partial charge in [-0.05, 0) is 24.3 Å². The van der Waals surface area contributed by atoms with E-state index in [9.17, 15) is 4.39 Å². The van der Waals surface area contributed by atoms with Crippen molar-refractivity contribution >= 4 is 11.6 Å². The van der Waals surface area contributed by atoms with Crippen molar-refractivity contribution < 1.29 is 4.39 Å². The molecule has 0 radical (unpaired) electrons. The molecule has 3 aromatic rings. The topological polar surface area (TPSA) is 42.7 Å². The van der Waals surface area contributed by atoms with Crippen LogP contribution in [0.25, 0.3) is 11.3 Å². The number of benzene rings is 1. The van der Waals surface area contributed by atoms with Gasteiger partial charge in [0.15, 0.2) is 0 Å². The number of fused-ring (bicyclic) bond motifs is 1. The fourth-order valence-corrected chi connectivity index (χ4v) is 3.35. The van der Waals surface area contributed by atoms with Crippen LogP contribution in [0.15, 0.2) is 42.7 Å². The Kier molecular flexibility index (Phi) is 4.04. The summed E-state index contributed by atoms with van der Waals surface area (Å²) < 4.78 is 16.0. The summed E-state index contributed by atoms with van der Waals surface area (Å²) in [6.45, 7) is 1.98. The number of pyridine rings is 1. The Bertz CT molecular complexity index is 856. The van der Waals surface area contributed by atoms with Crippen LogP contribution in [0.1, 0.15) is 16.8 Å². The third kappa shape index (κ3) is 2.70. The molecule has 1 aliphatic heterocycles. The maximum absolute atomic E-state index is 14.2. The summed E-state index contributed by atoms with van der Waals surface area (Å²) >= 11 is 6.18. The van der Waals surface area contributed by atoms with Crippen LogP contribution < -0.4 is 5.32 Å². The van der Waals surface area contributed by atoms with E-state index in [1.165, 1.54) is 11.6 Å². The van der Waals surface area contributed by atoms with Crippen molar-refractivity contribution in [2.45, 2.75) is 19.5 Å². The number of hydrogen-bond donors (Lipinski definition) is 1. The number of aromatic nitrogens is 3. The molecular formula is C18H16ClFN4. The van der Waals surface area contributed by atoms with Gasteiger partial charge in [-0.1, -0.05) is 17.7 Å². The lowest BCUT2D eigenvalue weighted by molar-refractivity contribution is 0.557. The van der Waals surface area contributed by atoms with Crippen molar-refractivity contribution in [1.29, 1.82) is 0 Å². The molecule has 0 saturated carbocycles. The zero-order valence-corrected chi connectivity index (χ0v) is 13.7. The zero-order valence-electron chi connectivity index (χ0n) is 13.0. The second-order valence-electron chi connectivity index (χ2n) is 5.79. The Morgan fingerprint density at radius 2 is 2.04 bits per heavy atom. The lowest BCUT2D eigenvalue weighted by Crippen LogP contribution is -2.25. The molecular weight excluding hydrogens is 327 g/mol. The minimum absolute atomic E-state index is 0.300. The molecule has 4 rings (SSSR count). The molecule has 1 aromatic carbocycles. The molecule has 0 atom stereocenters. The first-order chi connectivity index (χ1) is 11.7. The Hall–Kier alpha value is -2.24. The predicted molar refractivity (Wildman–Crippen MR) is 91.4 cm³/mol. The van der Waals surface area contributed by atoms with Gasteiger partial charge in [0, 0.05) is 59.3 Å². The number of rotatable bonds is 3. The summed E-state index contributed by atoms with van der Waals surface area (Å²) in [4.78, 5) is 4.06. The third-order valence-corrected chi connectivity index (χ3v) is 4.68. The second kappa shape index (κ2) is 6.34. The lowest BCUT2D eigenvalue weighted by Gasteiger charge is -2.16. The van der Waals surface area contributed by atoms with E-state index in [1.807, 2.05) is 16.8 Å². The van der Waals surface area contributed by atoms with Crippen LogP contribution in [0.5, 0.6) is 0 Å². The van der Waals surface area contributed by atoms with Crippen LogP contribution in [-0.4, -0.2) is 21.3 Å². The van der Waals surface area contributed by atoms with Crippen molar-refractivity contribution in [1.82, 2.24) is 20.1 Å². The van der Waals surface area contributed by atoms with E-state index in [0.717, 1.165) is 36.5 Å². The molecule has 0 saturated heterocycles. The average molecular weight is 343 g/mol. The molecule has 0 aliphatic carbocycles. The monoisotopic (exact) mass is 342 g/mol. The predicted octanol–water partition coefficient (Wildman–Crippen LogP) is 3.43. The van der Waals surface area contributed by atoms with Crippen LogP contribution in [0.4, 0.5) is 4.39 Å². The maximum Gasteiger partial charge on any atom is 0.129 e. The van der Waals surface area contributed by atoms with E-state index in [1.54, 1.807) is 24.5 Å². The Balaban J connectivity index is 1.80. The highest BCUT2D eigenvalue weighted by atomic mass is 35.5. The first kappa shape index (κ1) is 15.3. The second-order valence-corrected chi connectivity index (χ2v) is 6.20. The van der Waals surface area contributed by atoms with E-state index in [2.05, 4.69) is 10.3 Å². The minimum atomic E-state index is -0.300. The molecule has 0 amide bonds. The van der Waals surface area contributed by atoms with Crippen molar-refractivity contribution in [3.8, 4) is 11.3 Å². The minimum Gasteiger partial charge on any atom is -0.312 e. The quantitative estimate of drug-likeness (QED) is 0.793. The van der Waals surface area contributed by atoms with Gasteiger partial charge in [0.1, 0.15) is 5.82 Å². The number of nitrogens with zero attached hydrogens (tertiary/aromatic N) is 3. The van der Waals surface area contributed by atoms with Gasteiger partial charge in [-0.3, -0.25) is 9.67 Å². The molecule has 0 unspecified atom stereocenters. The van der Waals surface area contributed by atoms with Crippen LogP contribution >= 0.6 is 11.6 Å². The van der Waals surface area contributed by atoms with E-state index < -0.39 is 0 Å². The summed E-state index contributed by atoms with van der Waals surface area (Å²) in [5.41, 5.74) is 4.72. The van der Waals surface area contributed by atoms with Gasteiger partial charge in [0.2, 0.25) is 0 Å². The molecule has 0 spiro atoms.